The Hall–Kier alpha value is -1.30. The number of Topliss-reactive ketones (excluding diaryl/α,β-unsaturated/α-hetero) is 1. The summed E-state index contributed by atoms with van der Waals surface area (Å²) in [5.41, 5.74) is 0.113. The number of alkyl halides is 2. The van der Waals surface area contributed by atoms with Crippen LogP contribution in [0.15, 0.2) is 30.3 Å². The second-order valence-corrected chi connectivity index (χ2v) is 4.83. The Bertz CT molecular complexity index is 440. The highest BCUT2D eigenvalue weighted by molar-refractivity contribution is 7.92. The predicted molar refractivity (Wildman–Crippen MR) is 50.6 cm³/mol. The molecule has 0 aliphatic rings. The average Bonchev–Trinajstić information content (AvgIpc) is 2.18. The number of benzene rings is 1. The van der Waals surface area contributed by atoms with E-state index in [4.69, 9.17) is 0 Å². The number of hydrogen-bond donors (Lipinski definition) is 0. The van der Waals surface area contributed by atoms with Crippen LogP contribution in [0.1, 0.15) is 10.4 Å². The van der Waals surface area contributed by atoms with Gasteiger partial charge in [-0.05, 0) is 0 Å². The summed E-state index contributed by atoms with van der Waals surface area (Å²) >= 11 is 0. The molecule has 0 unspecified atom stereocenters. The zero-order valence-electron chi connectivity index (χ0n) is 7.56. The highest BCUT2D eigenvalue weighted by Crippen LogP contribution is 2.09. The third-order valence-electron chi connectivity index (χ3n) is 1.70. The van der Waals surface area contributed by atoms with Crippen molar-refractivity contribution in [3.63, 3.8) is 0 Å². The zero-order chi connectivity index (χ0) is 11.5. The topological polar surface area (TPSA) is 51.2 Å². The van der Waals surface area contributed by atoms with Crippen LogP contribution in [-0.2, 0) is 9.84 Å². The van der Waals surface area contributed by atoms with Gasteiger partial charge in [-0.3, -0.25) is 4.79 Å². The number of sulfone groups is 1. The fourth-order valence-corrected chi connectivity index (χ4v) is 1.61. The first-order valence-electron chi connectivity index (χ1n) is 4.01. The molecule has 0 atom stereocenters. The van der Waals surface area contributed by atoms with Crippen molar-refractivity contribution in [2.75, 3.05) is 5.75 Å². The summed E-state index contributed by atoms with van der Waals surface area (Å²) in [5, 5.41) is 0. The van der Waals surface area contributed by atoms with Crippen molar-refractivity contribution in [2.24, 2.45) is 0 Å². The van der Waals surface area contributed by atoms with Crippen LogP contribution in [0.25, 0.3) is 0 Å². The van der Waals surface area contributed by atoms with Gasteiger partial charge < -0.3 is 0 Å². The Morgan fingerprint density at radius 2 is 1.73 bits per heavy atom. The standard InChI is InChI=1S/C9H8F2O3S/c10-9(11)15(13,14)6-8(12)7-4-2-1-3-5-7/h1-5,9H,6H2. The Balaban J connectivity index is 2.82. The normalized spacial score (nSPS) is 11.7. The molecule has 0 saturated heterocycles. The Morgan fingerprint density at radius 3 is 2.20 bits per heavy atom. The molecule has 1 rings (SSSR count). The van der Waals surface area contributed by atoms with Gasteiger partial charge in [-0.1, -0.05) is 30.3 Å². The third kappa shape index (κ3) is 3.09. The van der Waals surface area contributed by atoms with Gasteiger partial charge in [0, 0.05) is 5.56 Å². The lowest BCUT2D eigenvalue weighted by molar-refractivity contribution is 0.101. The maximum Gasteiger partial charge on any atom is 0.337 e. The first kappa shape index (κ1) is 11.8. The second-order valence-electron chi connectivity index (χ2n) is 2.86. The number of halogens is 2. The van der Waals surface area contributed by atoms with Gasteiger partial charge in [0.15, 0.2) is 5.78 Å². The smallest absolute Gasteiger partial charge is 0.293 e. The van der Waals surface area contributed by atoms with Crippen LogP contribution < -0.4 is 0 Å². The van der Waals surface area contributed by atoms with E-state index in [1.807, 2.05) is 0 Å². The van der Waals surface area contributed by atoms with Gasteiger partial charge in [-0.15, -0.1) is 0 Å². The number of rotatable bonds is 4. The third-order valence-corrected chi connectivity index (χ3v) is 2.91. The number of carbonyl (C=O) groups excluding carboxylic acids is 1. The van der Waals surface area contributed by atoms with E-state index in [1.165, 1.54) is 24.3 Å². The van der Waals surface area contributed by atoms with E-state index in [9.17, 15) is 22.0 Å². The second kappa shape index (κ2) is 4.48. The molecule has 82 valence electrons. The molecule has 0 bridgehead atoms. The molecular weight excluding hydrogens is 226 g/mol. The molecule has 0 aromatic heterocycles. The molecule has 1 aromatic rings. The van der Waals surface area contributed by atoms with Crippen LogP contribution in [0.4, 0.5) is 8.78 Å². The summed E-state index contributed by atoms with van der Waals surface area (Å²) in [6.45, 7) is 0. The van der Waals surface area contributed by atoms with Crippen LogP contribution in [0.2, 0.25) is 0 Å². The van der Waals surface area contributed by atoms with Crippen LogP contribution >= 0.6 is 0 Å². The molecule has 0 N–H and O–H groups in total. The molecule has 3 nitrogen and oxygen atoms in total. The Labute approximate surface area is 85.6 Å². The van der Waals surface area contributed by atoms with Crippen molar-refractivity contribution >= 4 is 15.6 Å². The minimum atomic E-state index is -4.63. The van der Waals surface area contributed by atoms with Gasteiger partial charge in [0.2, 0.25) is 9.84 Å². The minimum absolute atomic E-state index is 0.113. The minimum Gasteiger partial charge on any atom is -0.293 e. The van der Waals surface area contributed by atoms with Crippen molar-refractivity contribution in [1.82, 2.24) is 0 Å². The lowest BCUT2D eigenvalue weighted by atomic mass is 10.2. The molecule has 0 heterocycles. The quantitative estimate of drug-likeness (QED) is 0.742. The van der Waals surface area contributed by atoms with E-state index in [0.29, 0.717) is 0 Å². The van der Waals surface area contributed by atoms with Gasteiger partial charge in [0.05, 0.1) is 0 Å². The maximum atomic E-state index is 11.9. The summed E-state index contributed by atoms with van der Waals surface area (Å²) in [5.74, 6) is -5.49. The van der Waals surface area contributed by atoms with Crippen LogP contribution in [0.5, 0.6) is 0 Å². The van der Waals surface area contributed by atoms with Gasteiger partial charge in [-0.25, -0.2) is 8.42 Å². The van der Waals surface area contributed by atoms with Gasteiger partial charge in [0.1, 0.15) is 5.75 Å². The van der Waals surface area contributed by atoms with E-state index in [2.05, 4.69) is 0 Å². The summed E-state index contributed by atoms with van der Waals surface area (Å²) in [6, 6.07) is 7.45. The van der Waals surface area contributed by atoms with Crippen molar-refractivity contribution in [3.8, 4) is 0 Å². The molecule has 0 saturated carbocycles. The van der Waals surface area contributed by atoms with Crippen LogP contribution in [-0.4, -0.2) is 25.7 Å². The maximum absolute atomic E-state index is 11.9. The van der Waals surface area contributed by atoms with E-state index >= 15 is 0 Å². The van der Waals surface area contributed by atoms with Crippen molar-refractivity contribution in [2.45, 2.75) is 5.76 Å². The molecule has 0 aliphatic carbocycles. The van der Waals surface area contributed by atoms with Crippen LogP contribution in [0.3, 0.4) is 0 Å². The van der Waals surface area contributed by atoms with E-state index in [1.54, 1.807) is 6.07 Å². The predicted octanol–water partition coefficient (Wildman–Crippen LogP) is 1.51. The molecule has 0 fully saturated rings. The Kier molecular flexibility index (Phi) is 3.52. The first-order chi connectivity index (χ1) is 6.93. The lowest BCUT2D eigenvalue weighted by Crippen LogP contribution is -2.22. The Morgan fingerprint density at radius 1 is 1.20 bits per heavy atom. The molecule has 1 aromatic carbocycles. The monoisotopic (exact) mass is 234 g/mol. The van der Waals surface area contributed by atoms with E-state index in [-0.39, 0.29) is 5.56 Å². The molecular formula is C9H8F2O3S. The summed E-state index contributed by atoms with van der Waals surface area (Å²) in [6.07, 6.45) is 0. The number of ketones is 1. The van der Waals surface area contributed by atoms with E-state index in [0.717, 1.165) is 0 Å². The molecule has 0 aliphatic heterocycles. The van der Waals surface area contributed by atoms with Gasteiger partial charge in [-0.2, -0.15) is 8.78 Å². The summed E-state index contributed by atoms with van der Waals surface area (Å²) < 4.78 is 45.4. The molecule has 0 amide bonds. The summed E-state index contributed by atoms with van der Waals surface area (Å²) in [7, 11) is -4.63. The molecule has 0 spiro atoms. The van der Waals surface area contributed by atoms with Crippen molar-refractivity contribution in [3.05, 3.63) is 35.9 Å². The van der Waals surface area contributed by atoms with E-state index < -0.39 is 27.1 Å². The highest BCUT2D eigenvalue weighted by Gasteiger charge is 2.27. The molecule has 15 heavy (non-hydrogen) atoms. The van der Waals surface area contributed by atoms with Gasteiger partial charge in [0.25, 0.3) is 0 Å². The SMILES string of the molecule is O=C(CS(=O)(=O)C(F)F)c1ccccc1. The zero-order valence-corrected chi connectivity index (χ0v) is 8.38. The fraction of sp³-hybridized carbons (Fsp3) is 0.222. The van der Waals surface area contributed by atoms with Crippen molar-refractivity contribution in [1.29, 1.82) is 0 Å². The largest absolute Gasteiger partial charge is 0.337 e. The van der Waals surface area contributed by atoms with Gasteiger partial charge >= 0.3 is 5.76 Å². The lowest BCUT2D eigenvalue weighted by Gasteiger charge is -2.01. The molecule has 0 radical (unpaired) electrons. The first-order valence-corrected chi connectivity index (χ1v) is 5.73. The van der Waals surface area contributed by atoms with Crippen molar-refractivity contribution < 1.29 is 22.0 Å². The average molecular weight is 234 g/mol. The number of hydrogen-bond acceptors (Lipinski definition) is 3. The highest BCUT2D eigenvalue weighted by atomic mass is 32.2. The molecule has 6 heteroatoms. The van der Waals surface area contributed by atoms with Crippen LogP contribution in [0, 0.1) is 0 Å². The summed E-state index contributed by atoms with van der Waals surface area (Å²) in [4.78, 5) is 11.3. The fourth-order valence-electron chi connectivity index (χ4n) is 0.953. The number of carbonyl (C=O) groups is 1.